The summed E-state index contributed by atoms with van der Waals surface area (Å²) in [5.41, 5.74) is -0.575. The van der Waals surface area contributed by atoms with Crippen LogP contribution in [0.15, 0.2) is 24.5 Å². The van der Waals surface area contributed by atoms with Crippen molar-refractivity contribution in [1.29, 1.82) is 0 Å². The van der Waals surface area contributed by atoms with Crippen LogP contribution < -0.4 is 5.32 Å². The molecule has 0 atom stereocenters. The van der Waals surface area contributed by atoms with E-state index in [1.54, 1.807) is 19.3 Å². The third kappa shape index (κ3) is 4.31. The van der Waals surface area contributed by atoms with Gasteiger partial charge in [0, 0.05) is 35.0 Å². The Morgan fingerprint density at radius 2 is 2.00 bits per heavy atom. The molecule has 1 N–H and O–H groups in total. The molecule has 2 heterocycles. The van der Waals surface area contributed by atoms with Crippen molar-refractivity contribution in [2.24, 2.45) is 0 Å². The zero-order valence-corrected chi connectivity index (χ0v) is 14.6. The van der Waals surface area contributed by atoms with Gasteiger partial charge in [-0.15, -0.1) is 0 Å². The van der Waals surface area contributed by atoms with Crippen LogP contribution in [-0.4, -0.2) is 22.8 Å². The maximum atomic E-state index is 12.6. The Labute approximate surface area is 148 Å². The van der Waals surface area contributed by atoms with Crippen molar-refractivity contribution in [3.63, 3.8) is 0 Å². The van der Waals surface area contributed by atoms with Crippen LogP contribution >= 0.6 is 34.2 Å². The third-order valence-electron chi connectivity index (χ3n) is 2.95. The van der Waals surface area contributed by atoms with Gasteiger partial charge in [0.2, 0.25) is 0 Å². The largest absolute Gasteiger partial charge is 0.417 e. The maximum Gasteiger partial charge on any atom is 0.417 e. The van der Waals surface area contributed by atoms with E-state index in [1.807, 2.05) is 0 Å². The molecular formula is C14H10ClF3IN3O. The van der Waals surface area contributed by atoms with E-state index in [0.717, 1.165) is 3.57 Å². The van der Waals surface area contributed by atoms with Crippen molar-refractivity contribution in [3.05, 3.63) is 49.9 Å². The molecule has 0 unspecified atom stereocenters. The van der Waals surface area contributed by atoms with E-state index in [2.05, 4.69) is 37.9 Å². The predicted octanol–water partition coefficient (Wildman–Crippen LogP) is 4.22. The molecule has 0 spiro atoms. The summed E-state index contributed by atoms with van der Waals surface area (Å²) in [6, 6.07) is 2.46. The minimum absolute atomic E-state index is 0.0713. The lowest BCUT2D eigenvalue weighted by atomic mass is 10.1. The second-order valence-electron chi connectivity index (χ2n) is 4.56. The summed E-state index contributed by atoms with van der Waals surface area (Å²) < 4.78 is 38.6. The monoisotopic (exact) mass is 455 g/mol. The Morgan fingerprint density at radius 1 is 1.30 bits per heavy atom. The number of alkyl halides is 3. The van der Waals surface area contributed by atoms with Crippen molar-refractivity contribution in [2.75, 3.05) is 12.4 Å². The molecule has 23 heavy (non-hydrogen) atoms. The Kier molecular flexibility index (Phi) is 5.45. The van der Waals surface area contributed by atoms with Crippen LogP contribution in [-0.2, 0) is 12.6 Å². The van der Waals surface area contributed by atoms with Crippen LogP contribution in [0.2, 0.25) is 5.02 Å². The first-order valence-corrected chi connectivity index (χ1v) is 7.76. The lowest BCUT2D eigenvalue weighted by molar-refractivity contribution is -0.137. The van der Waals surface area contributed by atoms with Crippen LogP contribution in [0.25, 0.3) is 0 Å². The van der Waals surface area contributed by atoms with Gasteiger partial charge in [-0.3, -0.25) is 9.78 Å². The average molecular weight is 456 g/mol. The molecule has 0 aliphatic heterocycles. The number of hydrogen-bond acceptors (Lipinski definition) is 4. The molecule has 0 radical (unpaired) electrons. The molecule has 0 saturated carbocycles. The summed E-state index contributed by atoms with van der Waals surface area (Å²) in [4.78, 5) is 20.0. The molecule has 0 amide bonds. The molecule has 9 heteroatoms. The summed E-state index contributed by atoms with van der Waals surface area (Å²) in [7, 11) is 1.66. The number of rotatable bonds is 4. The van der Waals surface area contributed by atoms with E-state index in [9.17, 15) is 18.0 Å². The van der Waals surface area contributed by atoms with Crippen LogP contribution in [0.3, 0.4) is 0 Å². The average Bonchev–Trinajstić information content (AvgIpc) is 2.46. The number of carbonyl (C=O) groups excluding carboxylic acids is 1. The molecule has 0 fully saturated rings. The Bertz CT molecular complexity index is 753. The summed E-state index contributed by atoms with van der Waals surface area (Å²) in [5.74, 6) is 0.0332. The van der Waals surface area contributed by atoms with Gasteiger partial charge in [0.05, 0.1) is 10.6 Å². The van der Waals surface area contributed by atoms with Gasteiger partial charge in [-0.05, 0) is 34.7 Å². The lowest BCUT2D eigenvalue weighted by Gasteiger charge is -2.10. The lowest BCUT2D eigenvalue weighted by Crippen LogP contribution is -2.12. The predicted molar refractivity (Wildman–Crippen MR) is 88.8 cm³/mol. The second kappa shape index (κ2) is 7.00. The summed E-state index contributed by atoms with van der Waals surface area (Å²) >= 11 is 7.84. The number of ketones is 1. The van der Waals surface area contributed by atoms with Crippen LogP contribution in [0.4, 0.5) is 19.0 Å². The number of anilines is 1. The van der Waals surface area contributed by atoms with Gasteiger partial charge in [-0.1, -0.05) is 11.6 Å². The molecular weight excluding hydrogens is 446 g/mol. The number of pyridine rings is 2. The van der Waals surface area contributed by atoms with Crippen LogP contribution in [0, 0.1) is 3.57 Å². The van der Waals surface area contributed by atoms with Crippen LogP contribution in [0.5, 0.6) is 0 Å². The topological polar surface area (TPSA) is 54.9 Å². The molecule has 0 aliphatic carbocycles. The van der Waals surface area contributed by atoms with Crippen molar-refractivity contribution in [1.82, 2.24) is 9.97 Å². The normalized spacial score (nSPS) is 11.4. The number of carbonyl (C=O) groups is 1. The highest BCUT2D eigenvalue weighted by Gasteiger charge is 2.32. The van der Waals surface area contributed by atoms with Crippen molar-refractivity contribution in [3.8, 4) is 0 Å². The Balaban J connectivity index is 2.30. The van der Waals surface area contributed by atoms with Crippen molar-refractivity contribution in [2.45, 2.75) is 12.6 Å². The molecule has 0 bridgehead atoms. The van der Waals surface area contributed by atoms with Gasteiger partial charge in [0.15, 0.2) is 5.78 Å². The Hall–Kier alpha value is -1.42. The van der Waals surface area contributed by atoms with Gasteiger partial charge in [-0.2, -0.15) is 13.2 Å². The van der Waals surface area contributed by atoms with Gasteiger partial charge >= 0.3 is 6.18 Å². The molecule has 0 aromatic carbocycles. The van der Waals surface area contributed by atoms with E-state index in [1.165, 1.54) is 0 Å². The first kappa shape index (κ1) is 17.9. The summed E-state index contributed by atoms with van der Waals surface area (Å²) in [6.07, 6.45) is -2.40. The van der Waals surface area contributed by atoms with E-state index in [4.69, 9.17) is 11.6 Å². The number of nitrogens with one attached hydrogen (secondary N) is 1. The minimum Gasteiger partial charge on any atom is -0.373 e. The van der Waals surface area contributed by atoms with E-state index < -0.39 is 17.5 Å². The highest BCUT2D eigenvalue weighted by atomic mass is 127. The maximum absolute atomic E-state index is 12.6. The number of hydrogen-bond donors (Lipinski definition) is 1. The fraction of sp³-hybridized carbons (Fsp3) is 0.214. The SMILES string of the molecule is CNc1ncc(I)cc1CC(=O)c1ncc(C(F)(F)F)cc1Cl. The quantitative estimate of drug-likeness (QED) is 0.554. The molecule has 2 aromatic rings. The van der Waals surface area contributed by atoms with Crippen LogP contribution in [0.1, 0.15) is 21.6 Å². The highest BCUT2D eigenvalue weighted by Crippen LogP contribution is 2.31. The second-order valence-corrected chi connectivity index (χ2v) is 6.22. The van der Waals surface area contributed by atoms with Gasteiger partial charge < -0.3 is 5.32 Å². The molecule has 122 valence electrons. The first-order chi connectivity index (χ1) is 10.7. The first-order valence-electron chi connectivity index (χ1n) is 6.30. The van der Waals surface area contributed by atoms with Gasteiger partial charge in [0.25, 0.3) is 0 Å². The van der Waals surface area contributed by atoms with Crippen molar-refractivity contribution >= 4 is 45.8 Å². The van der Waals surface area contributed by atoms with Gasteiger partial charge in [0.1, 0.15) is 11.5 Å². The summed E-state index contributed by atoms with van der Waals surface area (Å²) in [6.45, 7) is 0. The van der Waals surface area contributed by atoms with Gasteiger partial charge in [-0.25, -0.2) is 4.98 Å². The van der Waals surface area contributed by atoms with E-state index in [0.29, 0.717) is 23.6 Å². The molecule has 2 aromatic heterocycles. The minimum atomic E-state index is -4.56. The Morgan fingerprint density at radius 3 is 2.57 bits per heavy atom. The van der Waals surface area contributed by atoms with Crippen molar-refractivity contribution < 1.29 is 18.0 Å². The number of Topliss-reactive ketones (excluding diaryl/α,β-unsaturated/α-hetero) is 1. The van der Waals surface area contributed by atoms with E-state index >= 15 is 0 Å². The number of aromatic nitrogens is 2. The third-order valence-corrected chi connectivity index (χ3v) is 3.83. The highest BCUT2D eigenvalue weighted by molar-refractivity contribution is 14.1. The standard InChI is InChI=1S/C14H10ClF3IN3O/c1-20-13-7(2-9(19)6-22-13)3-11(23)12-10(15)4-8(5-21-12)14(16,17)18/h2,4-6H,3H2,1H3,(H,20,22). The zero-order chi connectivity index (χ0) is 17.2. The smallest absolute Gasteiger partial charge is 0.373 e. The summed E-state index contributed by atoms with van der Waals surface area (Å²) in [5, 5.41) is 2.53. The fourth-order valence-corrected chi connectivity index (χ4v) is 2.68. The molecule has 0 aliphatic rings. The number of nitrogens with zero attached hydrogens (tertiary/aromatic N) is 2. The molecule has 4 nitrogen and oxygen atoms in total. The molecule has 0 saturated heterocycles. The van der Waals surface area contributed by atoms with E-state index in [-0.39, 0.29) is 17.1 Å². The fourth-order valence-electron chi connectivity index (χ4n) is 1.90. The zero-order valence-electron chi connectivity index (χ0n) is 11.7. The molecule has 2 rings (SSSR count). The number of halogens is 5.